The van der Waals surface area contributed by atoms with Crippen LogP contribution in [0.1, 0.15) is 26.7 Å². The van der Waals surface area contributed by atoms with Crippen molar-refractivity contribution in [2.45, 2.75) is 26.7 Å². The average molecular weight is 291 g/mol. The van der Waals surface area contributed by atoms with Crippen LogP contribution in [0.5, 0.6) is 0 Å². The van der Waals surface area contributed by atoms with Gasteiger partial charge in [0.25, 0.3) is 0 Å². The van der Waals surface area contributed by atoms with Crippen molar-refractivity contribution in [3.8, 4) is 0 Å². The fraction of sp³-hybridized carbons (Fsp3) is 1.00. The number of likely N-dealkylation sites (N-methyl/N-ethyl adjacent to an activating group) is 1. The van der Waals surface area contributed by atoms with Crippen LogP contribution >= 0.6 is 0 Å². The third-order valence-corrected chi connectivity index (χ3v) is 2.68. The molecule has 0 fully saturated rings. The Morgan fingerprint density at radius 1 is 0.700 bits per heavy atom. The van der Waals surface area contributed by atoms with Gasteiger partial charge in [-0.3, -0.25) is 0 Å². The first-order valence-electron chi connectivity index (χ1n) is 7.73. The lowest BCUT2D eigenvalue weighted by Gasteiger charge is -2.08. The van der Waals surface area contributed by atoms with Crippen LogP contribution in [0.2, 0.25) is 0 Å². The number of hydrogen-bond donors (Lipinski definition) is 1. The first-order chi connectivity index (χ1) is 9.77. The maximum atomic E-state index is 5.47. The van der Waals surface area contributed by atoms with E-state index in [0.717, 1.165) is 32.1 Å². The van der Waals surface area contributed by atoms with Crippen molar-refractivity contribution >= 4 is 0 Å². The minimum atomic E-state index is 0.614. The molecule has 0 heterocycles. The van der Waals surface area contributed by atoms with E-state index in [1.807, 2.05) is 7.05 Å². The number of nitrogens with one attached hydrogen (secondary N) is 1. The lowest BCUT2D eigenvalue weighted by atomic mass is 10.1. The molecule has 0 aliphatic rings. The van der Waals surface area contributed by atoms with Crippen molar-refractivity contribution in [1.29, 1.82) is 0 Å². The minimum absolute atomic E-state index is 0.614. The smallest absolute Gasteiger partial charge is 0.0701 e. The van der Waals surface area contributed by atoms with E-state index in [1.165, 1.54) is 6.42 Å². The molecule has 0 rings (SSSR count). The first kappa shape index (κ1) is 19.8. The van der Waals surface area contributed by atoms with Crippen molar-refractivity contribution < 1.29 is 18.9 Å². The van der Waals surface area contributed by atoms with Gasteiger partial charge in [-0.25, -0.2) is 0 Å². The fourth-order valence-corrected chi connectivity index (χ4v) is 1.53. The molecular weight excluding hydrogens is 258 g/mol. The highest BCUT2D eigenvalue weighted by Crippen LogP contribution is 2.02. The molecule has 0 atom stereocenters. The van der Waals surface area contributed by atoms with Gasteiger partial charge in [-0.05, 0) is 25.8 Å². The summed E-state index contributed by atoms with van der Waals surface area (Å²) in [4.78, 5) is 0. The van der Waals surface area contributed by atoms with Crippen LogP contribution in [-0.4, -0.2) is 66.4 Å². The Balaban J connectivity index is 2.92. The second kappa shape index (κ2) is 16.9. The van der Waals surface area contributed by atoms with Gasteiger partial charge >= 0.3 is 0 Å². The van der Waals surface area contributed by atoms with Gasteiger partial charge in [0.1, 0.15) is 0 Å². The van der Waals surface area contributed by atoms with Gasteiger partial charge < -0.3 is 24.3 Å². The summed E-state index contributed by atoms with van der Waals surface area (Å²) in [6.45, 7) is 10.7. The summed E-state index contributed by atoms with van der Waals surface area (Å²) in [6.07, 6.45) is 2.36. The van der Waals surface area contributed by atoms with E-state index in [9.17, 15) is 0 Å². The summed E-state index contributed by atoms with van der Waals surface area (Å²) >= 11 is 0. The number of hydrogen-bond acceptors (Lipinski definition) is 5. The Morgan fingerprint density at radius 3 is 1.60 bits per heavy atom. The molecule has 5 nitrogen and oxygen atoms in total. The van der Waals surface area contributed by atoms with E-state index < -0.39 is 0 Å². The summed E-state index contributed by atoms with van der Waals surface area (Å²) in [5.41, 5.74) is 0. The van der Waals surface area contributed by atoms with Gasteiger partial charge in [-0.15, -0.1) is 0 Å². The van der Waals surface area contributed by atoms with E-state index >= 15 is 0 Å². The highest BCUT2D eigenvalue weighted by atomic mass is 16.6. The Bertz CT molecular complexity index is 179. The minimum Gasteiger partial charge on any atom is -0.379 e. The Morgan fingerprint density at radius 2 is 1.15 bits per heavy atom. The van der Waals surface area contributed by atoms with E-state index in [1.54, 1.807) is 0 Å². The SMILES string of the molecule is CNCCOCCOCCOCCOCCCC(C)C. The Hall–Kier alpha value is -0.200. The van der Waals surface area contributed by atoms with Crippen LogP contribution in [0, 0.1) is 5.92 Å². The van der Waals surface area contributed by atoms with Gasteiger partial charge in [0.2, 0.25) is 0 Å². The maximum Gasteiger partial charge on any atom is 0.0701 e. The van der Waals surface area contributed by atoms with Crippen molar-refractivity contribution in [1.82, 2.24) is 5.32 Å². The zero-order chi connectivity index (χ0) is 14.9. The van der Waals surface area contributed by atoms with Crippen molar-refractivity contribution in [3.05, 3.63) is 0 Å². The molecule has 0 amide bonds. The predicted molar refractivity (Wildman–Crippen MR) is 81.3 cm³/mol. The van der Waals surface area contributed by atoms with Crippen LogP contribution in [0.15, 0.2) is 0 Å². The largest absolute Gasteiger partial charge is 0.379 e. The van der Waals surface area contributed by atoms with E-state index in [-0.39, 0.29) is 0 Å². The molecule has 0 aromatic carbocycles. The standard InChI is InChI=1S/C15H33NO4/c1-15(2)5-4-7-17-9-11-19-13-14-20-12-10-18-8-6-16-3/h15-16H,4-14H2,1-3H3. The van der Waals surface area contributed by atoms with Crippen molar-refractivity contribution in [2.75, 3.05) is 66.4 Å². The van der Waals surface area contributed by atoms with Crippen LogP contribution < -0.4 is 5.32 Å². The van der Waals surface area contributed by atoms with Crippen molar-refractivity contribution in [2.24, 2.45) is 5.92 Å². The van der Waals surface area contributed by atoms with Crippen LogP contribution in [0.4, 0.5) is 0 Å². The summed E-state index contributed by atoms with van der Waals surface area (Å²) < 4.78 is 21.6. The molecule has 0 unspecified atom stereocenters. The molecule has 122 valence electrons. The Kier molecular flexibility index (Phi) is 16.7. The molecule has 0 spiro atoms. The molecule has 0 saturated heterocycles. The summed E-state index contributed by atoms with van der Waals surface area (Å²) in [5.74, 6) is 0.759. The molecular formula is C15H33NO4. The molecule has 0 radical (unpaired) electrons. The van der Waals surface area contributed by atoms with Crippen LogP contribution in [0.3, 0.4) is 0 Å². The highest BCUT2D eigenvalue weighted by Gasteiger charge is 1.95. The molecule has 0 aliphatic carbocycles. The van der Waals surface area contributed by atoms with Crippen LogP contribution in [0.25, 0.3) is 0 Å². The second-order valence-corrected chi connectivity index (χ2v) is 5.09. The predicted octanol–water partition coefficient (Wildman–Crippen LogP) is 1.71. The van der Waals surface area contributed by atoms with Gasteiger partial charge in [-0.2, -0.15) is 0 Å². The van der Waals surface area contributed by atoms with E-state index in [2.05, 4.69) is 19.2 Å². The Labute approximate surface area is 124 Å². The first-order valence-corrected chi connectivity index (χ1v) is 7.73. The van der Waals surface area contributed by atoms with E-state index in [0.29, 0.717) is 39.6 Å². The number of rotatable bonds is 16. The average Bonchev–Trinajstić information content (AvgIpc) is 2.43. The van der Waals surface area contributed by atoms with Crippen LogP contribution in [-0.2, 0) is 18.9 Å². The van der Waals surface area contributed by atoms with Gasteiger partial charge in [0.05, 0.1) is 46.2 Å². The third kappa shape index (κ3) is 17.8. The quantitative estimate of drug-likeness (QED) is 0.439. The molecule has 0 saturated carbocycles. The summed E-state index contributed by atoms with van der Waals surface area (Å²) in [5, 5.41) is 3.02. The molecule has 0 aliphatic heterocycles. The molecule has 20 heavy (non-hydrogen) atoms. The number of ether oxygens (including phenoxy) is 4. The highest BCUT2D eigenvalue weighted by molar-refractivity contribution is 4.44. The molecule has 5 heteroatoms. The molecule has 0 bridgehead atoms. The fourth-order valence-electron chi connectivity index (χ4n) is 1.53. The van der Waals surface area contributed by atoms with Gasteiger partial charge in [0.15, 0.2) is 0 Å². The molecule has 0 aromatic rings. The zero-order valence-corrected chi connectivity index (χ0v) is 13.5. The monoisotopic (exact) mass is 291 g/mol. The molecule has 1 N–H and O–H groups in total. The lowest BCUT2D eigenvalue weighted by Crippen LogP contribution is -2.17. The maximum absolute atomic E-state index is 5.47. The lowest BCUT2D eigenvalue weighted by molar-refractivity contribution is -0.00184. The third-order valence-electron chi connectivity index (χ3n) is 2.68. The second-order valence-electron chi connectivity index (χ2n) is 5.09. The summed E-state index contributed by atoms with van der Waals surface area (Å²) in [7, 11) is 1.91. The summed E-state index contributed by atoms with van der Waals surface area (Å²) in [6, 6.07) is 0. The molecule has 0 aromatic heterocycles. The van der Waals surface area contributed by atoms with Gasteiger partial charge in [-0.1, -0.05) is 13.8 Å². The zero-order valence-electron chi connectivity index (χ0n) is 13.5. The normalized spacial score (nSPS) is 11.4. The van der Waals surface area contributed by atoms with Gasteiger partial charge in [0, 0.05) is 13.2 Å². The van der Waals surface area contributed by atoms with E-state index in [4.69, 9.17) is 18.9 Å². The topological polar surface area (TPSA) is 49.0 Å². The van der Waals surface area contributed by atoms with Crippen molar-refractivity contribution in [3.63, 3.8) is 0 Å².